The molecule has 0 unspecified atom stereocenters. The summed E-state index contributed by atoms with van der Waals surface area (Å²) in [6, 6.07) is 1.75. The Morgan fingerprint density at radius 3 is 1.85 bits per heavy atom. The Balaban J connectivity index is 3.02. The molecular formula is C18H30O2. The third-order valence-electron chi connectivity index (χ3n) is 4.03. The molecule has 0 amide bonds. The van der Waals surface area contributed by atoms with E-state index in [4.69, 9.17) is 0 Å². The average molecular weight is 278 g/mol. The van der Waals surface area contributed by atoms with Gasteiger partial charge < -0.3 is 10.2 Å². The second kappa shape index (κ2) is 8.89. The van der Waals surface area contributed by atoms with Crippen LogP contribution in [0.2, 0.25) is 0 Å². The Bertz CT molecular complexity index is 410. The van der Waals surface area contributed by atoms with Crippen LogP contribution in [0, 0.1) is 0 Å². The van der Waals surface area contributed by atoms with Crippen LogP contribution in [-0.2, 0) is 19.3 Å². The first-order valence-corrected chi connectivity index (χ1v) is 8.21. The fourth-order valence-electron chi connectivity index (χ4n) is 2.81. The third kappa shape index (κ3) is 4.43. The Hall–Kier alpha value is -1.18. The summed E-state index contributed by atoms with van der Waals surface area (Å²) in [6.45, 7) is 6.50. The van der Waals surface area contributed by atoms with Crippen molar-refractivity contribution < 1.29 is 10.2 Å². The van der Waals surface area contributed by atoms with Crippen LogP contribution in [0.25, 0.3) is 0 Å². The Morgan fingerprint density at radius 2 is 1.35 bits per heavy atom. The van der Waals surface area contributed by atoms with Crippen LogP contribution in [0.4, 0.5) is 0 Å². The van der Waals surface area contributed by atoms with Crippen LogP contribution in [-0.4, -0.2) is 10.2 Å². The molecule has 0 saturated heterocycles. The molecule has 114 valence electrons. The van der Waals surface area contributed by atoms with E-state index in [1.165, 1.54) is 36.8 Å². The summed E-state index contributed by atoms with van der Waals surface area (Å²) in [5.41, 5.74) is 3.47. The predicted molar refractivity (Wildman–Crippen MR) is 85.6 cm³/mol. The number of rotatable bonds is 9. The smallest absolute Gasteiger partial charge is 0.160 e. The lowest BCUT2D eigenvalue weighted by Crippen LogP contribution is -2.02. The zero-order chi connectivity index (χ0) is 15.0. The van der Waals surface area contributed by atoms with Gasteiger partial charge >= 0.3 is 0 Å². The summed E-state index contributed by atoms with van der Waals surface area (Å²) in [7, 11) is 0. The molecule has 1 rings (SSSR count). The first-order chi connectivity index (χ1) is 9.65. The van der Waals surface area contributed by atoms with Crippen molar-refractivity contribution in [2.45, 2.75) is 78.6 Å². The number of hydrogen-bond donors (Lipinski definition) is 2. The minimum Gasteiger partial charge on any atom is -0.504 e. The van der Waals surface area contributed by atoms with Gasteiger partial charge in [0.25, 0.3) is 0 Å². The van der Waals surface area contributed by atoms with Crippen molar-refractivity contribution in [1.29, 1.82) is 0 Å². The maximum absolute atomic E-state index is 10.2. The van der Waals surface area contributed by atoms with E-state index in [0.717, 1.165) is 37.7 Å². The summed E-state index contributed by atoms with van der Waals surface area (Å²) >= 11 is 0. The molecule has 0 spiro atoms. The molecule has 0 atom stereocenters. The number of phenols is 2. The number of hydrogen-bond acceptors (Lipinski definition) is 2. The first-order valence-electron chi connectivity index (χ1n) is 8.21. The monoisotopic (exact) mass is 278 g/mol. The van der Waals surface area contributed by atoms with Gasteiger partial charge in [-0.2, -0.15) is 0 Å². The quantitative estimate of drug-likeness (QED) is 0.486. The van der Waals surface area contributed by atoms with Gasteiger partial charge in [0.2, 0.25) is 0 Å². The van der Waals surface area contributed by atoms with E-state index >= 15 is 0 Å². The van der Waals surface area contributed by atoms with E-state index in [0.29, 0.717) is 0 Å². The number of unbranched alkanes of at least 4 members (excludes halogenated alkanes) is 4. The molecule has 0 aliphatic rings. The van der Waals surface area contributed by atoms with Crippen LogP contribution < -0.4 is 0 Å². The standard InChI is InChI=1S/C18H30O2/c1-4-7-9-11-15-14(6-3)13-17(19)18(20)16(15)12-10-8-5-2/h13,19-20H,4-12H2,1-3H3. The normalized spacial score (nSPS) is 10.9. The number of aromatic hydroxyl groups is 2. The fourth-order valence-corrected chi connectivity index (χ4v) is 2.81. The number of aryl methyl sites for hydroxylation is 1. The van der Waals surface area contributed by atoms with Crippen molar-refractivity contribution in [1.82, 2.24) is 0 Å². The molecule has 0 radical (unpaired) electrons. The van der Waals surface area contributed by atoms with Gasteiger partial charge in [0.15, 0.2) is 11.5 Å². The van der Waals surface area contributed by atoms with Crippen molar-refractivity contribution in [3.8, 4) is 11.5 Å². The van der Waals surface area contributed by atoms with Crippen LogP contribution >= 0.6 is 0 Å². The molecule has 0 heterocycles. The molecule has 0 aliphatic heterocycles. The molecule has 1 aromatic rings. The van der Waals surface area contributed by atoms with E-state index < -0.39 is 0 Å². The highest BCUT2D eigenvalue weighted by atomic mass is 16.3. The Morgan fingerprint density at radius 1 is 0.800 bits per heavy atom. The summed E-state index contributed by atoms with van der Waals surface area (Å²) in [6.07, 6.45) is 9.82. The third-order valence-corrected chi connectivity index (χ3v) is 4.03. The van der Waals surface area contributed by atoms with Crippen LogP contribution in [0.3, 0.4) is 0 Å². The SMILES string of the molecule is CCCCCc1c(CC)cc(O)c(O)c1CCCCC. The van der Waals surface area contributed by atoms with Gasteiger partial charge in [-0.1, -0.05) is 46.5 Å². The zero-order valence-electron chi connectivity index (χ0n) is 13.3. The number of benzene rings is 1. The molecule has 0 aromatic heterocycles. The van der Waals surface area contributed by atoms with Crippen molar-refractivity contribution >= 4 is 0 Å². The van der Waals surface area contributed by atoms with Gasteiger partial charge in [-0.3, -0.25) is 0 Å². The summed E-state index contributed by atoms with van der Waals surface area (Å²) in [5, 5.41) is 20.1. The topological polar surface area (TPSA) is 40.5 Å². The molecule has 1 aromatic carbocycles. The largest absolute Gasteiger partial charge is 0.504 e. The van der Waals surface area contributed by atoms with Crippen LogP contribution in [0.5, 0.6) is 11.5 Å². The molecular weight excluding hydrogens is 248 g/mol. The second-order valence-corrected chi connectivity index (χ2v) is 5.63. The molecule has 2 N–H and O–H groups in total. The van der Waals surface area contributed by atoms with E-state index in [1.54, 1.807) is 6.07 Å². The van der Waals surface area contributed by atoms with Gasteiger partial charge in [-0.15, -0.1) is 0 Å². The Labute approximate surface area is 123 Å². The molecule has 20 heavy (non-hydrogen) atoms. The highest BCUT2D eigenvalue weighted by Crippen LogP contribution is 2.36. The van der Waals surface area contributed by atoms with Gasteiger partial charge in [0.1, 0.15) is 0 Å². The lowest BCUT2D eigenvalue weighted by atomic mass is 9.90. The van der Waals surface area contributed by atoms with Crippen molar-refractivity contribution in [3.63, 3.8) is 0 Å². The highest BCUT2D eigenvalue weighted by Gasteiger charge is 2.16. The molecule has 2 nitrogen and oxygen atoms in total. The average Bonchev–Trinajstić information content (AvgIpc) is 2.45. The van der Waals surface area contributed by atoms with Gasteiger partial charge in [0, 0.05) is 5.56 Å². The van der Waals surface area contributed by atoms with Crippen molar-refractivity contribution in [2.24, 2.45) is 0 Å². The molecule has 2 heteroatoms. The molecule has 0 fully saturated rings. The molecule has 0 bridgehead atoms. The summed E-state index contributed by atoms with van der Waals surface area (Å²) < 4.78 is 0. The van der Waals surface area contributed by atoms with Crippen LogP contribution in [0.1, 0.15) is 76.0 Å². The minimum absolute atomic E-state index is 0.0487. The lowest BCUT2D eigenvalue weighted by molar-refractivity contribution is 0.397. The maximum atomic E-state index is 10.2. The lowest BCUT2D eigenvalue weighted by Gasteiger charge is -2.17. The van der Waals surface area contributed by atoms with Gasteiger partial charge in [-0.25, -0.2) is 0 Å². The van der Waals surface area contributed by atoms with E-state index in [1.807, 2.05) is 0 Å². The van der Waals surface area contributed by atoms with Gasteiger partial charge in [0.05, 0.1) is 0 Å². The van der Waals surface area contributed by atoms with E-state index in [2.05, 4.69) is 20.8 Å². The summed E-state index contributed by atoms with van der Waals surface area (Å²) in [4.78, 5) is 0. The maximum Gasteiger partial charge on any atom is 0.160 e. The van der Waals surface area contributed by atoms with E-state index in [-0.39, 0.29) is 11.5 Å². The Kier molecular flexibility index (Phi) is 7.50. The van der Waals surface area contributed by atoms with Gasteiger partial charge in [-0.05, 0) is 49.3 Å². The van der Waals surface area contributed by atoms with Crippen LogP contribution in [0.15, 0.2) is 6.07 Å². The molecule has 0 aliphatic carbocycles. The zero-order valence-corrected chi connectivity index (χ0v) is 13.3. The van der Waals surface area contributed by atoms with E-state index in [9.17, 15) is 10.2 Å². The minimum atomic E-state index is 0.0487. The van der Waals surface area contributed by atoms with Crippen molar-refractivity contribution in [3.05, 3.63) is 22.8 Å². The molecule has 0 saturated carbocycles. The predicted octanol–water partition coefficient (Wildman–Crippen LogP) is 5.13. The fraction of sp³-hybridized carbons (Fsp3) is 0.667. The second-order valence-electron chi connectivity index (χ2n) is 5.63. The van der Waals surface area contributed by atoms with Crippen molar-refractivity contribution in [2.75, 3.05) is 0 Å². The number of phenolic OH excluding ortho intramolecular Hbond substituents is 2. The first kappa shape index (κ1) is 16.9. The highest BCUT2D eigenvalue weighted by molar-refractivity contribution is 5.53. The summed E-state index contributed by atoms with van der Waals surface area (Å²) in [5.74, 6) is 0.164.